The van der Waals surface area contributed by atoms with Gasteiger partial charge in [0.05, 0.1) is 6.54 Å². The van der Waals surface area contributed by atoms with Crippen LogP contribution in [-0.4, -0.2) is 22.2 Å². The molecule has 2 aromatic heterocycles. The molecule has 0 atom stereocenters. The van der Waals surface area contributed by atoms with Crippen molar-refractivity contribution in [3.8, 4) is 0 Å². The Balaban J connectivity index is 2.06. The Morgan fingerprint density at radius 3 is 2.80 bits per heavy atom. The van der Waals surface area contributed by atoms with Crippen molar-refractivity contribution < 1.29 is 0 Å². The molecule has 0 N–H and O–H groups in total. The Kier molecular flexibility index (Phi) is 3.18. The Labute approximate surface area is 101 Å². The lowest BCUT2D eigenvalue weighted by molar-refractivity contribution is 0.871. The molecule has 2 heterocycles. The zero-order valence-electron chi connectivity index (χ0n) is 8.27. The molecule has 0 spiro atoms. The number of hydrogen-bond donors (Lipinski definition) is 0. The highest BCUT2D eigenvalue weighted by molar-refractivity contribution is 7.14. The smallest absolute Gasteiger partial charge is 0.186 e. The first-order valence-electron chi connectivity index (χ1n) is 4.26. The first-order valence-corrected chi connectivity index (χ1v) is 6.33. The molecule has 4 nitrogen and oxygen atoms in total. The van der Waals surface area contributed by atoms with E-state index < -0.39 is 0 Å². The highest BCUT2D eigenvalue weighted by Crippen LogP contribution is 2.23. The van der Waals surface area contributed by atoms with Gasteiger partial charge in [0.25, 0.3) is 0 Å². The molecule has 2 rings (SSSR count). The number of halogens is 1. The number of thiazole rings is 1. The van der Waals surface area contributed by atoms with Gasteiger partial charge in [-0.1, -0.05) is 22.9 Å². The van der Waals surface area contributed by atoms with E-state index >= 15 is 0 Å². The van der Waals surface area contributed by atoms with E-state index in [0.717, 1.165) is 21.7 Å². The molecule has 0 radical (unpaired) electrons. The summed E-state index contributed by atoms with van der Waals surface area (Å²) in [6, 6.07) is 0. The van der Waals surface area contributed by atoms with Gasteiger partial charge in [-0.3, -0.25) is 0 Å². The third-order valence-electron chi connectivity index (χ3n) is 1.73. The van der Waals surface area contributed by atoms with Crippen molar-refractivity contribution in [1.29, 1.82) is 0 Å². The van der Waals surface area contributed by atoms with Gasteiger partial charge in [0.2, 0.25) is 0 Å². The van der Waals surface area contributed by atoms with E-state index in [1.807, 2.05) is 24.3 Å². The second kappa shape index (κ2) is 4.42. The molecule has 0 aliphatic rings. The molecule has 0 unspecified atom stereocenters. The highest BCUT2D eigenvalue weighted by atomic mass is 35.5. The van der Waals surface area contributed by atoms with Crippen LogP contribution in [0.4, 0.5) is 5.13 Å². The number of aromatic nitrogens is 3. The van der Waals surface area contributed by atoms with Gasteiger partial charge in [-0.15, -0.1) is 21.5 Å². The average molecular weight is 261 g/mol. The van der Waals surface area contributed by atoms with E-state index in [4.69, 9.17) is 11.6 Å². The summed E-state index contributed by atoms with van der Waals surface area (Å²) in [5.74, 6) is 0. The topological polar surface area (TPSA) is 41.9 Å². The Morgan fingerprint density at radius 2 is 2.27 bits per heavy atom. The van der Waals surface area contributed by atoms with Crippen LogP contribution in [0.15, 0.2) is 5.38 Å². The number of rotatable bonds is 3. The summed E-state index contributed by atoms with van der Waals surface area (Å²) in [5.41, 5.74) is 0. The largest absolute Gasteiger partial charge is 0.344 e. The fourth-order valence-electron chi connectivity index (χ4n) is 1.09. The minimum atomic E-state index is 0.537. The van der Waals surface area contributed by atoms with Crippen LogP contribution in [0.3, 0.4) is 0 Å². The standard InChI is InChI=1S/C8H9ClN4S2/c1-5-11-12-7(15-5)3-13(2)8-10-6(9)4-14-8/h4H,3H2,1-2H3. The Morgan fingerprint density at radius 1 is 1.47 bits per heavy atom. The zero-order chi connectivity index (χ0) is 10.8. The maximum absolute atomic E-state index is 5.76. The molecule has 80 valence electrons. The maximum atomic E-state index is 5.76. The highest BCUT2D eigenvalue weighted by Gasteiger charge is 2.09. The van der Waals surface area contributed by atoms with Crippen molar-refractivity contribution >= 4 is 39.4 Å². The van der Waals surface area contributed by atoms with Gasteiger partial charge in [-0.2, -0.15) is 0 Å². The first kappa shape index (κ1) is 10.8. The first-order chi connectivity index (χ1) is 7.15. The van der Waals surface area contributed by atoms with Crippen LogP contribution >= 0.6 is 34.3 Å². The Bertz CT molecular complexity index is 453. The van der Waals surface area contributed by atoms with Crippen LogP contribution in [0, 0.1) is 6.92 Å². The van der Waals surface area contributed by atoms with Gasteiger partial charge >= 0.3 is 0 Å². The van der Waals surface area contributed by atoms with Crippen molar-refractivity contribution in [3.63, 3.8) is 0 Å². The lowest BCUT2D eigenvalue weighted by Crippen LogP contribution is -2.15. The molecule has 0 aliphatic heterocycles. The summed E-state index contributed by atoms with van der Waals surface area (Å²) in [7, 11) is 1.96. The van der Waals surface area contributed by atoms with Crippen LogP contribution < -0.4 is 4.90 Å². The van der Waals surface area contributed by atoms with Crippen LogP contribution in [-0.2, 0) is 6.54 Å². The molecule has 7 heteroatoms. The second-order valence-corrected chi connectivity index (χ2v) is 5.51. The second-order valence-electron chi connectivity index (χ2n) is 3.02. The third kappa shape index (κ3) is 2.64. The molecule has 0 bridgehead atoms. The predicted octanol–water partition coefficient (Wildman–Crippen LogP) is 2.59. The monoisotopic (exact) mass is 260 g/mol. The van der Waals surface area contributed by atoms with Crippen molar-refractivity contribution in [3.05, 3.63) is 20.5 Å². The average Bonchev–Trinajstić information content (AvgIpc) is 2.75. The van der Waals surface area contributed by atoms with Crippen LogP contribution in [0.5, 0.6) is 0 Å². The molecular weight excluding hydrogens is 252 g/mol. The molecule has 0 amide bonds. The van der Waals surface area contributed by atoms with Gasteiger partial charge < -0.3 is 4.90 Å². The molecule has 0 saturated carbocycles. The molecule has 0 fully saturated rings. The SMILES string of the molecule is Cc1nnc(CN(C)c2nc(Cl)cs2)s1. The van der Waals surface area contributed by atoms with Gasteiger partial charge in [-0.25, -0.2) is 4.98 Å². The summed E-state index contributed by atoms with van der Waals surface area (Å²) < 4.78 is 0. The van der Waals surface area contributed by atoms with E-state index in [-0.39, 0.29) is 0 Å². The van der Waals surface area contributed by atoms with Crippen molar-refractivity contribution in [2.75, 3.05) is 11.9 Å². The van der Waals surface area contributed by atoms with Crippen molar-refractivity contribution in [1.82, 2.24) is 15.2 Å². The summed E-state index contributed by atoms with van der Waals surface area (Å²) in [6.07, 6.45) is 0. The van der Waals surface area contributed by atoms with Gasteiger partial charge in [-0.05, 0) is 6.92 Å². The van der Waals surface area contributed by atoms with E-state index in [2.05, 4.69) is 15.2 Å². The fourth-order valence-corrected chi connectivity index (χ4v) is 2.77. The lowest BCUT2D eigenvalue weighted by Gasteiger charge is -2.12. The molecule has 0 aliphatic carbocycles. The summed E-state index contributed by atoms with van der Waals surface area (Å²) in [4.78, 5) is 6.19. The van der Waals surface area contributed by atoms with E-state index in [1.54, 1.807) is 11.3 Å². The Hall–Kier alpha value is -0.720. The van der Waals surface area contributed by atoms with Gasteiger partial charge in [0.1, 0.15) is 15.2 Å². The number of anilines is 1. The molecule has 2 aromatic rings. The lowest BCUT2D eigenvalue weighted by atomic mass is 10.6. The fraction of sp³-hybridized carbons (Fsp3) is 0.375. The quantitative estimate of drug-likeness (QED) is 0.851. The molecule has 0 saturated heterocycles. The van der Waals surface area contributed by atoms with E-state index in [9.17, 15) is 0 Å². The maximum Gasteiger partial charge on any atom is 0.186 e. The van der Waals surface area contributed by atoms with Crippen molar-refractivity contribution in [2.45, 2.75) is 13.5 Å². The zero-order valence-corrected chi connectivity index (χ0v) is 10.7. The van der Waals surface area contributed by atoms with E-state index in [0.29, 0.717) is 5.15 Å². The number of nitrogens with zero attached hydrogens (tertiary/aromatic N) is 4. The predicted molar refractivity (Wildman–Crippen MR) is 63.9 cm³/mol. The molecular formula is C8H9ClN4S2. The normalized spacial score (nSPS) is 10.6. The molecule has 15 heavy (non-hydrogen) atoms. The summed E-state index contributed by atoms with van der Waals surface area (Å²) in [6.45, 7) is 2.66. The minimum Gasteiger partial charge on any atom is -0.344 e. The van der Waals surface area contributed by atoms with Crippen molar-refractivity contribution in [2.24, 2.45) is 0 Å². The third-order valence-corrected chi connectivity index (χ3v) is 3.83. The van der Waals surface area contributed by atoms with Crippen LogP contribution in [0.2, 0.25) is 5.15 Å². The number of hydrogen-bond acceptors (Lipinski definition) is 6. The summed E-state index contributed by atoms with van der Waals surface area (Å²) >= 11 is 8.88. The van der Waals surface area contributed by atoms with E-state index in [1.165, 1.54) is 11.3 Å². The summed E-state index contributed by atoms with van der Waals surface area (Å²) in [5, 5.41) is 13.2. The van der Waals surface area contributed by atoms with Crippen LogP contribution in [0.25, 0.3) is 0 Å². The van der Waals surface area contributed by atoms with Gasteiger partial charge in [0, 0.05) is 12.4 Å². The van der Waals surface area contributed by atoms with Crippen LogP contribution in [0.1, 0.15) is 10.0 Å². The molecule has 0 aromatic carbocycles. The minimum absolute atomic E-state index is 0.537. The number of aryl methyl sites for hydroxylation is 1. The van der Waals surface area contributed by atoms with Gasteiger partial charge in [0.15, 0.2) is 5.13 Å².